The second-order valence-corrected chi connectivity index (χ2v) is 6.85. The van der Waals surface area contributed by atoms with E-state index in [1.54, 1.807) is 42.5 Å². The number of methoxy groups -OCH3 is 1. The highest BCUT2D eigenvalue weighted by Gasteiger charge is 2.11. The summed E-state index contributed by atoms with van der Waals surface area (Å²) in [5.74, 6) is -0.125. The van der Waals surface area contributed by atoms with Crippen LogP contribution in [0.1, 0.15) is 26.2 Å². The Kier molecular flexibility index (Phi) is 9.64. The third-order valence-corrected chi connectivity index (χ3v) is 4.27. The first-order chi connectivity index (χ1) is 14.9. The number of nitrogens with one attached hydrogen (secondary N) is 2. The fourth-order valence-corrected chi connectivity index (χ4v) is 2.77. The third-order valence-electron chi connectivity index (χ3n) is 4.03. The molecule has 8 nitrogen and oxygen atoms in total. The normalized spacial score (nSPS) is 10.2. The number of hydrogen-bond donors (Lipinski definition) is 2. The molecule has 31 heavy (non-hydrogen) atoms. The summed E-state index contributed by atoms with van der Waals surface area (Å²) >= 11 is 5.93. The van der Waals surface area contributed by atoms with Gasteiger partial charge in [0.15, 0.2) is 6.61 Å². The number of halogens is 1. The monoisotopic (exact) mass is 448 g/mol. The highest BCUT2D eigenvalue weighted by molar-refractivity contribution is 6.31. The van der Waals surface area contributed by atoms with Crippen molar-refractivity contribution in [3.05, 3.63) is 47.5 Å². The zero-order chi connectivity index (χ0) is 22.6. The van der Waals surface area contributed by atoms with Gasteiger partial charge in [-0.05, 0) is 55.8 Å². The predicted molar refractivity (Wildman–Crippen MR) is 118 cm³/mol. The average Bonchev–Trinajstić information content (AvgIpc) is 2.74. The molecule has 0 aliphatic heterocycles. The molecule has 0 saturated carbocycles. The number of esters is 1. The van der Waals surface area contributed by atoms with E-state index in [1.165, 1.54) is 7.11 Å². The first-order valence-electron chi connectivity index (χ1n) is 9.73. The number of amides is 2. The second kappa shape index (κ2) is 12.4. The van der Waals surface area contributed by atoms with E-state index < -0.39 is 18.5 Å². The molecule has 2 amide bonds. The van der Waals surface area contributed by atoms with E-state index in [1.807, 2.05) is 6.92 Å². The zero-order valence-corrected chi connectivity index (χ0v) is 18.2. The highest BCUT2D eigenvalue weighted by atomic mass is 35.5. The number of hydrogen-bond acceptors (Lipinski definition) is 6. The van der Waals surface area contributed by atoms with Crippen LogP contribution in [0.5, 0.6) is 11.5 Å². The van der Waals surface area contributed by atoms with Gasteiger partial charge in [-0.15, -0.1) is 0 Å². The molecule has 0 atom stereocenters. The summed E-state index contributed by atoms with van der Waals surface area (Å²) in [5.41, 5.74) is 1.02. The molecule has 0 aliphatic carbocycles. The van der Waals surface area contributed by atoms with Crippen molar-refractivity contribution in [1.82, 2.24) is 0 Å². The van der Waals surface area contributed by atoms with Gasteiger partial charge in [0.2, 0.25) is 5.91 Å². The lowest BCUT2D eigenvalue weighted by Crippen LogP contribution is -2.21. The maximum Gasteiger partial charge on any atom is 0.306 e. The van der Waals surface area contributed by atoms with Crippen molar-refractivity contribution in [2.75, 3.05) is 31.0 Å². The number of carbonyl (C=O) groups excluding carboxylic acids is 3. The summed E-state index contributed by atoms with van der Waals surface area (Å²) in [7, 11) is 1.49. The largest absolute Gasteiger partial charge is 0.495 e. The first kappa shape index (κ1) is 24.0. The SMILES string of the molecule is CCOc1ccc(NC(=O)COC(=O)CCCC(=O)Nc2cc(Cl)ccc2OC)cc1. The van der Waals surface area contributed by atoms with E-state index in [0.29, 0.717) is 34.5 Å². The molecule has 2 N–H and O–H groups in total. The molecular formula is C22H25ClN2O6. The Morgan fingerprint density at radius 1 is 0.968 bits per heavy atom. The Morgan fingerprint density at radius 2 is 1.71 bits per heavy atom. The van der Waals surface area contributed by atoms with Crippen LogP contribution < -0.4 is 20.1 Å². The number of carbonyl (C=O) groups is 3. The molecule has 2 aromatic rings. The standard InChI is InChI=1S/C22H25ClN2O6/c1-3-30-17-10-8-16(9-11-17)24-21(27)14-31-22(28)6-4-5-20(26)25-18-13-15(23)7-12-19(18)29-2/h7-13H,3-6,14H2,1-2H3,(H,24,27)(H,25,26). The first-order valence-corrected chi connectivity index (χ1v) is 10.1. The number of ether oxygens (including phenoxy) is 3. The fraction of sp³-hybridized carbons (Fsp3) is 0.318. The summed E-state index contributed by atoms with van der Waals surface area (Å²) in [4.78, 5) is 35.8. The van der Waals surface area contributed by atoms with Crippen LogP contribution in [0.4, 0.5) is 11.4 Å². The topological polar surface area (TPSA) is 103 Å². The highest BCUT2D eigenvalue weighted by Crippen LogP contribution is 2.27. The van der Waals surface area contributed by atoms with Gasteiger partial charge in [0.05, 0.1) is 19.4 Å². The van der Waals surface area contributed by atoms with Gasteiger partial charge in [-0.25, -0.2) is 0 Å². The molecule has 0 bridgehead atoms. The molecule has 166 valence electrons. The number of rotatable bonds is 11. The van der Waals surface area contributed by atoms with Crippen LogP contribution in [-0.2, 0) is 19.1 Å². The maximum absolute atomic E-state index is 12.1. The summed E-state index contributed by atoms with van der Waals surface area (Å²) in [6.45, 7) is 2.03. The minimum atomic E-state index is -0.560. The van der Waals surface area contributed by atoms with E-state index in [-0.39, 0.29) is 25.2 Å². The Balaban J connectivity index is 1.67. The van der Waals surface area contributed by atoms with Crippen molar-refractivity contribution in [2.45, 2.75) is 26.2 Å². The number of benzene rings is 2. The third kappa shape index (κ3) is 8.55. The summed E-state index contributed by atoms with van der Waals surface area (Å²) < 4.78 is 15.4. The van der Waals surface area contributed by atoms with Crippen LogP contribution >= 0.6 is 11.6 Å². The van der Waals surface area contributed by atoms with Crippen molar-refractivity contribution < 1.29 is 28.6 Å². The summed E-state index contributed by atoms with van der Waals surface area (Å²) in [6, 6.07) is 11.7. The molecule has 0 spiro atoms. The molecule has 0 unspecified atom stereocenters. The molecule has 9 heteroatoms. The van der Waals surface area contributed by atoms with Crippen molar-refractivity contribution in [3.8, 4) is 11.5 Å². The van der Waals surface area contributed by atoms with Crippen molar-refractivity contribution in [3.63, 3.8) is 0 Å². The lowest BCUT2D eigenvalue weighted by atomic mass is 10.2. The zero-order valence-electron chi connectivity index (χ0n) is 17.4. The fourth-order valence-electron chi connectivity index (χ4n) is 2.60. The lowest BCUT2D eigenvalue weighted by Gasteiger charge is -2.10. The minimum Gasteiger partial charge on any atom is -0.495 e. The van der Waals surface area contributed by atoms with Gasteiger partial charge in [-0.2, -0.15) is 0 Å². The molecule has 0 aliphatic rings. The van der Waals surface area contributed by atoms with Gasteiger partial charge >= 0.3 is 5.97 Å². The Morgan fingerprint density at radius 3 is 2.39 bits per heavy atom. The molecular weight excluding hydrogens is 424 g/mol. The molecule has 2 rings (SSSR count). The van der Waals surface area contributed by atoms with Crippen molar-refractivity contribution in [1.29, 1.82) is 0 Å². The van der Waals surface area contributed by atoms with Crippen LogP contribution in [0.25, 0.3) is 0 Å². The van der Waals surface area contributed by atoms with E-state index >= 15 is 0 Å². The Labute approximate surface area is 185 Å². The van der Waals surface area contributed by atoms with Gasteiger partial charge in [-0.1, -0.05) is 11.6 Å². The van der Waals surface area contributed by atoms with Gasteiger partial charge < -0.3 is 24.8 Å². The van der Waals surface area contributed by atoms with Gasteiger partial charge in [0.1, 0.15) is 11.5 Å². The minimum absolute atomic E-state index is 0.0104. The van der Waals surface area contributed by atoms with Crippen LogP contribution in [0, 0.1) is 0 Å². The lowest BCUT2D eigenvalue weighted by molar-refractivity contribution is -0.147. The molecule has 0 fully saturated rings. The van der Waals surface area contributed by atoms with Crippen LogP contribution in [0.2, 0.25) is 5.02 Å². The Hall–Kier alpha value is -3.26. The maximum atomic E-state index is 12.1. The smallest absolute Gasteiger partial charge is 0.306 e. The van der Waals surface area contributed by atoms with Gasteiger partial charge in [0, 0.05) is 23.6 Å². The molecule has 0 saturated heterocycles. The van der Waals surface area contributed by atoms with Crippen molar-refractivity contribution >= 4 is 40.8 Å². The molecule has 0 radical (unpaired) electrons. The van der Waals surface area contributed by atoms with E-state index in [0.717, 1.165) is 0 Å². The van der Waals surface area contributed by atoms with Gasteiger partial charge in [0.25, 0.3) is 5.91 Å². The molecule has 2 aromatic carbocycles. The quantitative estimate of drug-likeness (QED) is 0.503. The van der Waals surface area contributed by atoms with Crippen LogP contribution in [0.15, 0.2) is 42.5 Å². The predicted octanol–water partition coefficient (Wildman–Crippen LogP) is 4.04. The van der Waals surface area contributed by atoms with Crippen molar-refractivity contribution in [2.24, 2.45) is 0 Å². The van der Waals surface area contributed by atoms with E-state index in [2.05, 4.69) is 10.6 Å². The second-order valence-electron chi connectivity index (χ2n) is 6.41. The molecule has 0 heterocycles. The molecule has 0 aromatic heterocycles. The van der Waals surface area contributed by atoms with E-state index in [9.17, 15) is 14.4 Å². The van der Waals surface area contributed by atoms with Crippen LogP contribution in [0.3, 0.4) is 0 Å². The average molecular weight is 449 g/mol. The van der Waals surface area contributed by atoms with Gasteiger partial charge in [-0.3, -0.25) is 14.4 Å². The van der Waals surface area contributed by atoms with E-state index in [4.69, 9.17) is 25.8 Å². The van der Waals surface area contributed by atoms with Crippen LogP contribution in [-0.4, -0.2) is 38.1 Å². The Bertz CT molecular complexity index is 901. The number of anilines is 2. The summed E-state index contributed by atoms with van der Waals surface area (Å²) in [6.07, 6.45) is 0.383. The summed E-state index contributed by atoms with van der Waals surface area (Å²) in [5, 5.41) is 5.78.